The molecule has 23 heavy (non-hydrogen) atoms. The monoisotopic (exact) mass is 359 g/mol. The molecule has 124 valence electrons. The van der Waals surface area contributed by atoms with E-state index in [-0.39, 0.29) is 12.4 Å². The minimum Gasteiger partial charge on any atom is -0.384 e. The molecule has 0 amide bonds. The van der Waals surface area contributed by atoms with Crippen molar-refractivity contribution in [2.75, 3.05) is 23.4 Å². The zero-order chi connectivity index (χ0) is 16.9. The summed E-state index contributed by atoms with van der Waals surface area (Å²) in [6.45, 7) is -0.178. The third kappa shape index (κ3) is 5.47. The van der Waals surface area contributed by atoms with Gasteiger partial charge in [-0.05, 0) is 35.9 Å². The summed E-state index contributed by atoms with van der Waals surface area (Å²) in [7, 11) is 0. The second kappa shape index (κ2) is 7.74. The first-order valence-electron chi connectivity index (χ1n) is 6.77. The third-order valence-corrected chi connectivity index (χ3v) is 4.64. The Hall–Kier alpha value is -1.67. The highest BCUT2D eigenvalue weighted by Gasteiger charge is 2.26. The van der Waals surface area contributed by atoms with Gasteiger partial charge >= 0.3 is 6.18 Å². The van der Waals surface area contributed by atoms with E-state index in [1.807, 2.05) is 35.9 Å². The van der Waals surface area contributed by atoms with Gasteiger partial charge in [0.05, 0.1) is 11.3 Å². The predicted molar refractivity (Wildman–Crippen MR) is 92.2 cm³/mol. The summed E-state index contributed by atoms with van der Waals surface area (Å²) >= 11 is 2.90. The van der Waals surface area contributed by atoms with E-state index in [0.717, 1.165) is 9.77 Å². The van der Waals surface area contributed by atoms with Gasteiger partial charge in [0.15, 0.2) is 0 Å². The van der Waals surface area contributed by atoms with E-state index in [2.05, 4.69) is 10.6 Å². The first-order valence-corrected chi connectivity index (χ1v) is 8.87. The maximum absolute atomic E-state index is 12.3. The molecule has 3 nitrogen and oxygen atoms in total. The number of nitrogens with one attached hydrogen (secondary N) is 3. The number of benzene rings is 1. The summed E-state index contributed by atoms with van der Waals surface area (Å²) in [6.07, 6.45) is -3.20. The molecule has 3 N–H and O–H groups in total. The van der Waals surface area contributed by atoms with Crippen LogP contribution in [0.4, 0.5) is 24.5 Å². The molecular weight excluding hydrogens is 343 g/mol. The lowest BCUT2D eigenvalue weighted by Crippen LogP contribution is -2.15. The SMILES string of the molecule is CSc1ccc(NC(=N)c2cccs2)cc1NCCC(F)(F)F. The van der Waals surface area contributed by atoms with Gasteiger partial charge in [0.25, 0.3) is 0 Å². The number of hydrogen-bond donors (Lipinski definition) is 3. The molecule has 1 heterocycles. The van der Waals surface area contributed by atoms with Crippen LogP contribution in [0.3, 0.4) is 0 Å². The molecule has 0 aliphatic rings. The van der Waals surface area contributed by atoms with Crippen molar-refractivity contribution in [1.29, 1.82) is 5.41 Å². The summed E-state index contributed by atoms with van der Waals surface area (Å²) in [5, 5.41) is 15.7. The Morgan fingerprint density at radius 3 is 2.70 bits per heavy atom. The Labute approximate surface area is 140 Å². The highest BCUT2D eigenvalue weighted by Crippen LogP contribution is 2.29. The highest BCUT2D eigenvalue weighted by molar-refractivity contribution is 7.98. The van der Waals surface area contributed by atoms with Crippen LogP contribution in [0, 0.1) is 5.41 Å². The minimum absolute atomic E-state index is 0.178. The van der Waals surface area contributed by atoms with Gasteiger partial charge in [0.2, 0.25) is 0 Å². The molecule has 0 radical (unpaired) electrons. The number of rotatable bonds is 6. The van der Waals surface area contributed by atoms with Crippen molar-refractivity contribution in [3.05, 3.63) is 40.6 Å². The van der Waals surface area contributed by atoms with Crippen molar-refractivity contribution in [3.8, 4) is 0 Å². The standard InChI is InChI=1S/C15H16F3N3S2/c1-22-12-5-4-10(21-14(19)13-3-2-8-23-13)9-11(12)20-7-6-15(16,17)18/h2-5,8-9,20H,6-7H2,1H3,(H2,19,21). The van der Waals surface area contributed by atoms with Crippen molar-refractivity contribution >= 4 is 40.3 Å². The van der Waals surface area contributed by atoms with Gasteiger partial charge in [-0.1, -0.05) is 6.07 Å². The van der Waals surface area contributed by atoms with E-state index >= 15 is 0 Å². The number of thiophene rings is 1. The Kier molecular flexibility index (Phi) is 5.95. The summed E-state index contributed by atoms with van der Waals surface area (Å²) in [4.78, 5) is 1.66. The Morgan fingerprint density at radius 1 is 1.30 bits per heavy atom. The van der Waals surface area contributed by atoms with Crippen LogP contribution in [0.1, 0.15) is 11.3 Å². The largest absolute Gasteiger partial charge is 0.390 e. The van der Waals surface area contributed by atoms with Gasteiger partial charge in [-0.25, -0.2) is 0 Å². The number of anilines is 2. The maximum atomic E-state index is 12.3. The molecule has 1 aromatic heterocycles. The molecule has 0 unspecified atom stereocenters. The molecule has 0 aliphatic heterocycles. The number of hydrogen-bond acceptors (Lipinski definition) is 4. The van der Waals surface area contributed by atoms with Crippen LogP contribution in [-0.4, -0.2) is 24.8 Å². The average Bonchev–Trinajstić information content (AvgIpc) is 3.00. The van der Waals surface area contributed by atoms with Crippen LogP contribution in [0.2, 0.25) is 0 Å². The van der Waals surface area contributed by atoms with Crippen molar-refractivity contribution < 1.29 is 13.2 Å². The molecule has 0 saturated heterocycles. The minimum atomic E-state index is -4.18. The predicted octanol–water partition coefficient (Wildman–Crippen LogP) is 5.27. The fraction of sp³-hybridized carbons (Fsp3) is 0.267. The maximum Gasteiger partial charge on any atom is 0.390 e. The first kappa shape index (κ1) is 17.7. The topological polar surface area (TPSA) is 47.9 Å². The van der Waals surface area contributed by atoms with Crippen LogP contribution in [0.25, 0.3) is 0 Å². The Morgan fingerprint density at radius 2 is 2.09 bits per heavy atom. The van der Waals surface area contributed by atoms with Crippen molar-refractivity contribution in [1.82, 2.24) is 0 Å². The van der Waals surface area contributed by atoms with Crippen LogP contribution < -0.4 is 10.6 Å². The zero-order valence-corrected chi connectivity index (χ0v) is 14.0. The number of alkyl halides is 3. The quantitative estimate of drug-likeness (QED) is 0.374. The summed E-state index contributed by atoms with van der Waals surface area (Å²) < 4.78 is 36.8. The zero-order valence-electron chi connectivity index (χ0n) is 12.3. The van der Waals surface area contributed by atoms with E-state index < -0.39 is 12.6 Å². The number of amidine groups is 1. The van der Waals surface area contributed by atoms with Gasteiger partial charge in [-0.15, -0.1) is 23.1 Å². The van der Waals surface area contributed by atoms with Crippen LogP contribution in [0.5, 0.6) is 0 Å². The van der Waals surface area contributed by atoms with Gasteiger partial charge in [-0.3, -0.25) is 5.41 Å². The molecule has 0 aliphatic carbocycles. The van der Waals surface area contributed by atoms with Crippen molar-refractivity contribution in [3.63, 3.8) is 0 Å². The Bertz CT molecular complexity index is 654. The molecule has 0 bridgehead atoms. The van der Waals surface area contributed by atoms with Gasteiger partial charge in [0, 0.05) is 22.8 Å². The number of halogens is 3. The molecule has 2 aromatic rings. The lowest BCUT2D eigenvalue weighted by molar-refractivity contribution is -0.131. The molecule has 1 aromatic carbocycles. The first-order chi connectivity index (χ1) is 10.9. The fourth-order valence-corrected chi connectivity index (χ4v) is 3.07. The lowest BCUT2D eigenvalue weighted by atomic mass is 10.2. The van der Waals surface area contributed by atoms with E-state index in [9.17, 15) is 13.2 Å². The third-order valence-electron chi connectivity index (χ3n) is 2.96. The second-order valence-electron chi connectivity index (χ2n) is 4.68. The van der Waals surface area contributed by atoms with Crippen LogP contribution in [0.15, 0.2) is 40.6 Å². The highest BCUT2D eigenvalue weighted by atomic mass is 32.2. The summed E-state index contributed by atoms with van der Waals surface area (Å²) in [6, 6.07) is 9.05. The van der Waals surface area contributed by atoms with Crippen molar-refractivity contribution in [2.45, 2.75) is 17.5 Å². The lowest BCUT2D eigenvalue weighted by Gasteiger charge is -2.14. The normalized spacial score (nSPS) is 11.3. The molecule has 8 heteroatoms. The summed E-state index contributed by atoms with van der Waals surface area (Å²) in [5.41, 5.74) is 1.29. The smallest absolute Gasteiger partial charge is 0.384 e. The summed E-state index contributed by atoms with van der Waals surface area (Å²) in [5.74, 6) is 0.262. The average molecular weight is 359 g/mol. The van der Waals surface area contributed by atoms with Crippen LogP contribution >= 0.6 is 23.1 Å². The second-order valence-corrected chi connectivity index (χ2v) is 6.48. The number of thioether (sulfide) groups is 1. The molecule has 0 atom stereocenters. The van der Waals surface area contributed by atoms with E-state index in [1.54, 1.807) is 6.07 Å². The van der Waals surface area contributed by atoms with Gasteiger partial charge < -0.3 is 10.6 Å². The molecule has 2 rings (SSSR count). The van der Waals surface area contributed by atoms with E-state index in [0.29, 0.717) is 11.4 Å². The van der Waals surface area contributed by atoms with E-state index in [1.165, 1.54) is 23.1 Å². The van der Waals surface area contributed by atoms with Crippen LogP contribution in [-0.2, 0) is 0 Å². The fourth-order valence-electron chi connectivity index (χ4n) is 1.89. The molecule has 0 fully saturated rings. The van der Waals surface area contributed by atoms with Gasteiger partial charge in [-0.2, -0.15) is 13.2 Å². The molecule has 0 saturated carbocycles. The van der Waals surface area contributed by atoms with Crippen molar-refractivity contribution in [2.24, 2.45) is 0 Å². The molecule has 0 spiro atoms. The van der Waals surface area contributed by atoms with E-state index in [4.69, 9.17) is 5.41 Å². The molecular formula is C15H16F3N3S2. The Balaban J connectivity index is 2.07. The van der Waals surface area contributed by atoms with Gasteiger partial charge in [0.1, 0.15) is 5.84 Å².